The van der Waals surface area contributed by atoms with E-state index in [1.165, 1.54) is 5.69 Å². The number of anilines is 1. The van der Waals surface area contributed by atoms with Gasteiger partial charge in [-0.15, -0.1) is 5.10 Å². The van der Waals surface area contributed by atoms with Crippen molar-refractivity contribution in [3.63, 3.8) is 0 Å². The highest BCUT2D eigenvalue weighted by Gasteiger charge is 2.18. The molecule has 1 aromatic carbocycles. The van der Waals surface area contributed by atoms with E-state index < -0.39 is 0 Å². The first-order valence-electron chi connectivity index (χ1n) is 7.41. The van der Waals surface area contributed by atoms with Gasteiger partial charge in [-0.2, -0.15) is 4.98 Å². The monoisotopic (exact) mass is 287 g/mol. The number of nitrogens with zero attached hydrogens (tertiary/aromatic N) is 4. The molecule has 21 heavy (non-hydrogen) atoms. The van der Waals surface area contributed by atoms with Gasteiger partial charge in [0.2, 0.25) is 0 Å². The Kier molecular flexibility index (Phi) is 4.35. The van der Waals surface area contributed by atoms with Gasteiger partial charge in [-0.3, -0.25) is 10.00 Å². The molecule has 1 N–H and O–H groups in total. The summed E-state index contributed by atoms with van der Waals surface area (Å²) in [6, 6.07) is 11.0. The van der Waals surface area contributed by atoms with Crippen LogP contribution < -0.4 is 9.64 Å². The highest BCUT2D eigenvalue weighted by molar-refractivity contribution is 5.46. The standard InChI is InChI=1S/C15H21N5O/c1-2-21-15-16-14(17-18-15)12-19-8-10-20(11-9-19)13-6-4-3-5-7-13/h3-7H,2,8-12H2,1H3,(H,16,17,18). The van der Waals surface area contributed by atoms with Crippen molar-refractivity contribution in [2.45, 2.75) is 13.5 Å². The fraction of sp³-hybridized carbons (Fsp3) is 0.467. The third-order valence-electron chi connectivity index (χ3n) is 3.65. The molecule has 0 amide bonds. The molecule has 0 bridgehead atoms. The SMILES string of the molecule is CCOc1n[nH]c(CN2CCN(c3ccccc3)CC2)n1. The maximum atomic E-state index is 5.27. The molecule has 3 rings (SSSR count). The molecule has 112 valence electrons. The minimum atomic E-state index is 0.440. The quantitative estimate of drug-likeness (QED) is 0.903. The van der Waals surface area contributed by atoms with Crippen molar-refractivity contribution in [1.29, 1.82) is 0 Å². The summed E-state index contributed by atoms with van der Waals surface area (Å²) in [5.41, 5.74) is 1.30. The second-order valence-electron chi connectivity index (χ2n) is 5.10. The van der Waals surface area contributed by atoms with E-state index in [-0.39, 0.29) is 0 Å². The molecule has 1 aliphatic heterocycles. The first-order valence-corrected chi connectivity index (χ1v) is 7.41. The Balaban J connectivity index is 1.51. The molecule has 0 aliphatic carbocycles. The van der Waals surface area contributed by atoms with E-state index in [1.807, 2.05) is 6.92 Å². The fourth-order valence-corrected chi connectivity index (χ4v) is 2.56. The van der Waals surface area contributed by atoms with Gasteiger partial charge in [-0.25, -0.2) is 0 Å². The summed E-state index contributed by atoms with van der Waals surface area (Å²) in [5, 5.41) is 6.98. The zero-order valence-corrected chi connectivity index (χ0v) is 12.3. The number of H-pyrrole nitrogens is 1. The zero-order chi connectivity index (χ0) is 14.5. The summed E-state index contributed by atoms with van der Waals surface area (Å²) < 4.78 is 5.27. The van der Waals surface area contributed by atoms with Gasteiger partial charge >= 0.3 is 6.01 Å². The molecule has 0 atom stereocenters. The molecule has 1 fully saturated rings. The number of aromatic nitrogens is 3. The lowest BCUT2D eigenvalue weighted by Gasteiger charge is -2.35. The van der Waals surface area contributed by atoms with Crippen molar-refractivity contribution in [2.24, 2.45) is 0 Å². The van der Waals surface area contributed by atoms with Crippen molar-refractivity contribution in [1.82, 2.24) is 20.1 Å². The highest BCUT2D eigenvalue weighted by Crippen LogP contribution is 2.16. The number of piperazine rings is 1. The minimum Gasteiger partial charge on any atom is -0.463 e. The predicted octanol–water partition coefficient (Wildman–Crippen LogP) is 1.53. The van der Waals surface area contributed by atoms with Crippen LogP contribution in [0.15, 0.2) is 30.3 Å². The molecular weight excluding hydrogens is 266 g/mol. The summed E-state index contributed by atoms with van der Waals surface area (Å²) in [4.78, 5) is 9.13. The molecule has 0 unspecified atom stereocenters. The molecule has 1 saturated heterocycles. The van der Waals surface area contributed by atoms with Gasteiger partial charge in [-0.1, -0.05) is 18.2 Å². The topological polar surface area (TPSA) is 57.3 Å². The van der Waals surface area contributed by atoms with Gasteiger partial charge in [-0.05, 0) is 19.1 Å². The first-order chi connectivity index (χ1) is 10.3. The number of benzene rings is 1. The average molecular weight is 287 g/mol. The molecule has 1 aliphatic rings. The molecule has 2 heterocycles. The van der Waals surface area contributed by atoms with Crippen LogP contribution in [-0.2, 0) is 6.54 Å². The molecule has 6 nitrogen and oxygen atoms in total. The predicted molar refractivity (Wildman–Crippen MR) is 81.5 cm³/mol. The molecule has 2 aromatic rings. The number of rotatable bonds is 5. The van der Waals surface area contributed by atoms with Gasteiger partial charge in [0.1, 0.15) is 5.82 Å². The maximum absolute atomic E-state index is 5.27. The van der Waals surface area contributed by atoms with E-state index in [2.05, 4.69) is 55.3 Å². The van der Waals surface area contributed by atoms with Crippen LogP contribution in [-0.4, -0.2) is 52.9 Å². The Labute approximate surface area is 124 Å². The Bertz CT molecular complexity index is 548. The molecule has 0 saturated carbocycles. The number of ether oxygens (including phenoxy) is 1. The first kappa shape index (κ1) is 13.9. The van der Waals surface area contributed by atoms with Gasteiger partial charge < -0.3 is 9.64 Å². The van der Waals surface area contributed by atoms with Gasteiger partial charge in [0, 0.05) is 31.9 Å². The van der Waals surface area contributed by atoms with E-state index in [1.54, 1.807) is 0 Å². The van der Waals surface area contributed by atoms with Crippen molar-refractivity contribution in [3.05, 3.63) is 36.2 Å². The molecule has 1 aromatic heterocycles. The second-order valence-corrected chi connectivity index (χ2v) is 5.10. The molecule has 0 radical (unpaired) electrons. The van der Waals surface area contributed by atoms with Crippen LogP contribution in [0.25, 0.3) is 0 Å². The third-order valence-corrected chi connectivity index (χ3v) is 3.65. The lowest BCUT2D eigenvalue weighted by atomic mass is 10.2. The van der Waals surface area contributed by atoms with Crippen LogP contribution in [0.2, 0.25) is 0 Å². The minimum absolute atomic E-state index is 0.440. The van der Waals surface area contributed by atoms with Crippen molar-refractivity contribution < 1.29 is 4.74 Å². The van der Waals surface area contributed by atoms with Crippen LogP contribution in [0.3, 0.4) is 0 Å². The Morgan fingerprint density at radius 1 is 1.14 bits per heavy atom. The number of nitrogens with one attached hydrogen (secondary N) is 1. The molecule has 0 spiro atoms. The van der Waals surface area contributed by atoms with Gasteiger partial charge in [0.05, 0.1) is 13.2 Å². The normalized spacial score (nSPS) is 16.1. The number of hydrogen-bond acceptors (Lipinski definition) is 5. The highest BCUT2D eigenvalue weighted by atomic mass is 16.5. The lowest BCUT2D eigenvalue weighted by Crippen LogP contribution is -2.46. The lowest BCUT2D eigenvalue weighted by molar-refractivity contribution is 0.243. The van der Waals surface area contributed by atoms with Crippen LogP contribution >= 0.6 is 0 Å². The van der Waals surface area contributed by atoms with E-state index in [9.17, 15) is 0 Å². The zero-order valence-electron chi connectivity index (χ0n) is 12.3. The van der Waals surface area contributed by atoms with E-state index in [0.717, 1.165) is 38.5 Å². The maximum Gasteiger partial charge on any atom is 0.335 e. The van der Waals surface area contributed by atoms with Crippen LogP contribution in [0, 0.1) is 0 Å². The second kappa shape index (κ2) is 6.58. The van der Waals surface area contributed by atoms with Gasteiger partial charge in [0.15, 0.2) is 0 Å². The van der Waals surface area contributed by atoms with Gasteiger partial charge in [0.25, 0.3) is 0 Å². The summed E-state index contributed by atoms with van der Waals surface area (Å²) in [7, 11) is 0. The molecule has 6 heteroatoms. The van der Waals surface area contributed by atoms with E-state index in [4.69, 9.17) is 4.74 Å². The Morgan fingerprint density at radius 2 is 1.90 bits per heavy atom. The third kappa shape index (κ3) is 3.52. The summed E-state index contributed by atoms with van der Waals surface area (Å²) in [6.07, 6.45) is 0. The molecular formula is C15H21N5O. The van der Waals surface area contributed by atoms with E-state index in [0.29, 0.717) is 12.6 Å². The van der Waals surface area contributed by atoms with Crippen molar-refractivity contribution in [2.75, 3.05) is 37.7 Å². The van der Waals surface area contributed by atoms with Crippen molar-refractivity contribution in [3.8, 4) is 6.01 Å². The Morgan fingerprint density at radius 3 is 2.62 bits per heavy atom. The Hall–Kier alpha value is -2.08. The van der Waals surface area contributed by atoms with Crippen LogP contribution in [0.4, 0.5) is 5.69 Å². The van der Waals surface area contributed by atoms with Crippen molar-refractivity contribution >= 4 is 5.69 Å². The van der Waals surface area contributed by atoms with Crippen LogP contribution in [0.1, 0.15) is 12.7 Å². The van der Waals surface area contributed by atoms with E-state index >= 15 is 0 Å². The number of hydrogen-bond donors (Lipinski definition) is 1. The summed E-state index contributed by atoms with van der Waals surface area (Å²) >= 11 is 0. The number of aromatic amines is 1. The average Bonchev–Trinajstić information content (AvgIpc) is 2.97. The largest absolute Gasteiger partial charge is 0.463 e. The number of para-hydroxylation sites is 1. The summed E-state index contributed by atoms with van der Waals surface area (Å²) in [5.74, 6) is 0.867. The smallest absolute Gasteiger partial charge is 0.335 e. The summed E-state index contributed by atoms with van der Waals surface area (Å²) in [6.45, 7) is 7.45. The fourth-order valence-electron chi connectivity index (χ4n) is 2.56. The van der Waals surface area contributed by atoms with Crippen LogP contribution in [0.5, 0.6) is 6.01 Å².